The number of carbonyl (C=O) groups excluding carboxylic acids is 1. The number of nitrogens with one attached hydrogen (secondary N) is 2. The molecule has 8 nitrogen and oxygen atoms in total. The number of nitrogens with two attached hydrogens (primary N) is 1. The Morgan fingerprint density at radius 1 is 1.20 bits per heavy atom. The third-order valence-electron chi connectivity index (χ3n) is 4.74. The summed E-state index contributed by atoms with van der Waals surface area (Å²) in [6.45, 7) is 4.88. The van der Waals surface area contributed by atoms with E-state index in [0.717, 1.165) is 32.1 Å². The maximum atomic E-state index is 12.7. The number of benzene rings is 1. The predicted molar refractivity (Wildman–Crippen MR) is 122 cm³/mol. The molecule has 1 amide bonds. The number of H-pyrrole nitrogens is 1. The number of amides is 1. The highest BCUT2D eigenvalue weighted by Crippen LogP contribution is 2.19. The Morgan fingerprint density at radius 3 is 2.60 bits per heavy atom. The molecular weight excluding hydrogens is 406 g/mol. The van der Waals surface area contributed by atoms with Crippen LogP contribution in [0.5, 0.6) is 0 Å². The van der Waals surface area contributed by atoms with Gasteiger partial charge in [0.05, 0.1) is 6.54 Å². The molecule has 0 aliphatic heterocycles. The van der Waals surface area contributed by atoms with Crippen LogP contribution in [-0.4, -0.2) is 28.5 Å². The van der Waals surface area contributed by atoms with Crippen molar-refractivity contribution in [2.75, 3.05) is 29.0 Å². The molecule has 1 aromatic heterocycles. The van der Waals surface area contributed by atoms with Gasteiger partial charge in [-0.1, -0.05) is 50.8 Å². The fourth-order valence-electron chi connectivity index (χ4n) is 3.18. The quantitative estimate of drug-likeness (QED) is 0.469. The van der Waals surface area contributed by atoms with Crippen molar-refractivity contribution in [2.45, 2.75) is 52.5 Å². The first kappa shape index (κ1) is 23.5. The predicted octanol–water partition coefficient (Wildman–Crippen LogP) is 3.21. The van der Waals surface area contributed by atoms with Crippen LogP contribution in [0.4, 0.5) is 17.2 Å². The van der Waals surface area contributed by atoms with Crippen molar-refractivity contribution < 1.29 is 4.79 Å². The molecule has 0 saturated carbocycles. The minimum Gasteiger partial charge on any atom is -0.383 e. The molecule has 0 unspecified atom stereocenters. The lowest BCUT2D eigenvalue weighted by atomic mass is 10.2. The van der Waals surface area contributed by atoms with Crippen LogP contribution in [-0.2, 0) is 11.3 Å². The van der Waals surface area contributed by atoms with Gasteiger partial charge in [0.1, 0.15) is 11.5 Å². The zero-order chi connectivity index (χ0) is 22.1. The Hall–Kier alpha value is -2.74. The van der Waals surface area contributed by atoms with Crippen LogP contribution in [0, 0.1) is 0 Å². The summed E-state index contributed by atoms with van der Waals surface area (Å²) < 4.78 is 1.36. The molecule has 4 N–H and O–H groups in total. The van der Waals surface area contributed by atoms with Crippen molar-refractivity contribution in [3.8, 4) is 0 Å². The minimum atomic E-state index is -0.586. The fraction of sp³-hybridized carbons (Fsp3) is 0.476. The first-order chi connectivity index (χ1) is 14.4. The van der Waals surface area contributed by atoms with E-state index in [0.29, 0.717) is 23.8 Å². The van der Waals surface area contributed by atoms with Crippen molar-refractivity contribution >= 4 is 34.7 Å². The second kappa shape index (κ2) is 11.4. The Labute approximate surface area is 181 Å². The number of halogens is 1. The van der Waals surface area contributed by atoms with Crippen molar-refractivity contribution in [3.05, 3.63) is 50.1 Å². The van der Waals surface area contributed by atoms with Crippen LogP contribution in [0.25, 0.3) is 0 Å². The van der Waals surface area contributed by atoms with Gasteiger partial charge in [-0.25, -0.2) is 4.79 Å². The average Bonchev–Trinajstić information content (AvgIpc) is 2.67. The molecule has 0 atom stereocenters. The van der Waals surface area contributed by atoms with Gasteiger partial charge in [0.15, 0.2) is 0 Å². The van der Waals surface area contributed by atoms with E-state index in [1.165, 1.54) is 4.57 Å². The van der Waals surface area contributed by atoms with Gasteiger partial charge in [-0.2, -0.15) is 0 Å². The Morgan fingerprint density at radius 2 is 1.93 bits per heavy atom. The van der Waals surface area contributed by atoms with Crippen molar-refractivity contribution in [2.24, 2.45) is 0 Å². The number of hydrogen-bond acceptors (Lipinski definition) is 5. The Bertz CT molecular complexity index is 970. The largest absolute Gasteiger partial charge is 0.383 e. The first-order valence-corrected chi connectivity index (χ1v) is 10.7. The number of hydrogen-bond donors (Lipinski definition) is 3. The molecule has 0 saturated heterocycles. The number of aromatic amines is 1. The molecule has 1 aromatic carbocycles. The summed E-state index contributed by atoms with van der Waals surface area (Å²) in [5, 5.41) is 3.30. The third-order valence-corrected chi connectivity index (χ3v) is 4.98. The van der Waals surface area contributed by atoms with Gasteiger partial charge in [-0.3, -0.25) is 19.1 Å². The smallest absolute Gasteiger partial charge is 0.330 e. The molecule has 0 fully saturated rings. The molecule has 0 spiro atoms. The van der Waals surface area contributed by atoms with E-state index in [-0.39, 0.29) is 24.0 Å². The van der Waals surface area contributed by atoms with Crippen LogP contribution in [0.1, 0.15) is 46.0 Å². The monoisotopic (exact) mass is 435 g/mol. The number of carbonyl (C=O) groups is 1. The Balaban J connectivity index is 2.32. The molecule has 164 valence electrons. The van der Waals surface area contributed by atoms with E-state index < -0.39 is 11.2 Å². The van der Waals surface area contributed by atoms with Crippen LogP contribution in [0.15, 0.2) is 33.9 Å². The van der Waals surface area contributed by atoms with Crippen LogP contribution in [0.2, 0.25) is 5.02 Å². The fourth-order valence-corrected chi connectivity index (χ4v) is 3.37. The minimum absolute atomic E-state index is 0.0739. The lowest BCUT2D eigenvalue weighted by molar-refractivity contribution is -0.115. The van der Waals surface area contributed by atoms with Gasteiger partial charge in [-0.05, 0) is 31.0 Å². The number of anilines is 3. The normalized spacial score (nSPS) is 10.8. The Kier molecular flexibility index (Phi) is 8.98. The highest BCUT2D eigenvalue weighted by atomic mass is 35.5. The van der Waals surface area contributed by atoms with Crippen molar-refractivity contribution in [1.29, 1.82) is 0 Å². The second-order valence-electron chi connectivity index (χ2n) is 7.19. The second-order valence-corrected chi connectivity index (χ2v) is 7.62. The van der Waals surface area contributed by atoms with Gasteiger partial charge in [0, 0.05) is 23.8 Å². The molecule has 30 heavy (non-hydrogen) atoms. The maximum Gasteiger partial charge on any atom is 0.330 e. The van der Waals surface area contributed by atoms with Crippen LogP contribution in [0.3, 0.4) is 0 Å². The summed E-state index contributed by atoms with van der Waals surface area (Å²) in [4.78, 5) is 41.5. The summed E-state index contributed by atoms with van der Waals surface area (Å²) >= 11 is 5.97. The molecule has 9 heteroatoms. The summed E-state index contributed by atoms with van der Waals surface area (Å²) in [5.41, 5.74) is 5.83. The molecule has 1 heterocycles. The summed E-state index contributed by atoms with van der Waals surface area (Å²) in [5.74, 6) is -0.219. The number of unbranched alkanes of at least 4 members (excludes halogenated alkanes) is 3. The summed E-state index contributed by atoms with van der Waals surface area (Å²) in [6.07, 6.45) is 4.35. The SMILES string of the molecule is CCCCCN(CC(=O)Nc1cccc(Cl)c1)c1c(N)n(CCCC)c(=O)[nH]c1=O. The number of nitrogen functional groups attached to an aromatic ring is 1. The van der Waals surface area contributed by atoms with Gasteiger partial charge in [0.25, 0.3) is 5.56 Å². The lowest BCUT2D eigenvalue weighted by Crippen LogP contribution is -2.42. The first-order valence-electron chi connectivity index (χ1n) is 10.3. The van der Waals surface area contributed by atoms with E-state index in [4.69, 9.17) is 17.3 Å². The van der Waals surface area contributed by atoms with Crippen molar-refractivity contribution in [1.82, 2.24) is 9.55 Å². The summed E-state index contributed by atoms with van der Waals surface area (Å²) in [7, 11) is 0. The van der Waals surface area contributed by atoms with E-state index in [2.05, 4.69) is 17.2 Å². The van der Waals surface area contributed by atoms with E-state index in [9.17, 15) is 14.4 Å². The highest BCUT2D eigenvalue weighted by Gasteiger charge is 2.21. The average molecular weight is 436 g/mol. The number of rotatable bonds is 11. The zero-order valence-corrected chi connectivity index (χ0v) is 18.3. The van der Waals surface area contributed by atoms with Crippen LogP contribution < -0.4 is 27.2 Å². The molecule has 2 aromatic rings. The van der Waals surface area contributed by atoms with Crippen LogP contribution >= 0.6 is 11.6 Å². The standard InChI is InChI=1S/C21H30ClN5O3/c1-3-5-7-11-26(14-17(28)24-16-10-8-9-15(22)13-16)18-19(23)27(12-6-4-2)21(30)25-20(18)29/h8-10,13H,3-7,11-12,14,23H2,1-2H3,(H,24,28)(H,25,29,30). The van der Waals surface area contributed by atoms with E-state index >= 15 is 0 Å². The van der Waals surface area contributed by atoms with Gasteiger partial charge >= 0.3 is 5.69 Å². The topological polar surface area (TPSA) is 113 Å². The third kappa shape index (κ3) is 6.38. The molecular formula is C21H30ClN5O3. The number of nitrogens with zero attached hydrogens (tertiary/aromatic N) is 2. The molecule has 0 radical (unpaired) electrons. The van der Waals surface area contributed by atoms with Gasteiger partial charge < -0.3 is 16.0 Å². The lowest BCUT2D eigenvalue weighted by Gasteiger charge is -2.25. The van der Waals surface area contributed by atoms with E-state index in [1.807, 2.05) is 6.92 Å². The summed E-state index contributed by atoms with van der Waals surface area (Å²) in [6, 6.07) is 6.83. The molecule has 0 aliphatic carbocycles. The van der Waals surface area contributed by atoms with Gasteiger partial charge in [0.2, 0.25) is 5.91 Å². The molecule has 0 aliphatic rings. The zero-order valence-electron chi connectivity index (χ0n) is 17.5. The highest BCUT2D eigenvalue weighted by molar-refractivity contribution is 6.30. The van der Waals surface area contributed by atoms with E-state index in [1.54, 1.807) is 29.2 Å². The molecule has 0 bridgehead atoms. The molecule has 2 rings (SSSR count). The maximum absolute atomic E-state index is 12.7. The number of aromatic nitrogens is 2. The van der Waals surface area contributed by atoms with Crippen molar-refractivity contribution in [3.63, 3.8) is 0 Å². The van der Waals surface area contributed by atoms with Gasteiger partial charge in [-0.15, -0.1) is 0 Å².